The number of benzene rings is 1. The van der Waals surface area contributed by atoms with Gasteiger partial charge < -0.3 is 10.2 Å². The van der Waals surface area contributed by atoms with E-state index in [1.807, 2.05) is 60.8 Å². The molecule has 0 spiro atoms. The van der Waals surface area contributed by atoms with E-state index in [0.717, 1.165) is 22.5 Å². The smallest absolute Gasteiger partial charge is 0.223 e. The van der Waals surface area contributed by atoms with Crippen molar-refractivity contribution in [2.24, 2.45) is 7.05 Å². The van der Waals surface area contributed by atoms with E-state index >= 15 is 0 Å². The molecule has 1 aliphatic rings. The van der Waals surface area contributed by atoms with Gasteiger partial charge in [0.15, 0.2) is 5.82 Å². The molecule has 2 aromatic heterocycles. The highest BCUT2D eigenvalue weighted by Gasteiger charge is 2.38. The Kier molecular flexibility index (Phi) is 6.07. The maximum Gasteiger partial charge on any atom is 0.223 e. The molecule has 4 rings (SSSR count). The molecule has 0 radical (unpaired) electrons. The number of aromatic nitrogens is 5. The monoisotopic (exact) mass is 435 g/mol. The van der Waals surface area contributed by atoms with Crippen molar-refractivity contribution >= 4 is 11.8 Å². The van der Waals surface area contributed by atoms with Crippen molar-refractivity contribution in [2.75, 3.05) is 6.54 Å². The van der Waals surface area contributed by atoms with Crippen molar-refractivity contribution in [3.63, 3.8) is 0 Å². The minimum Gasteiger partial charge on any atom is -0.352 e. The Balaban J connectivity index is 1.53. The predicted molar refractivity (Wildman–Crippen MR) is 119 cm³/mol. The van der Waals surface area contributed by atoms with Crippen LogP contribution in [0, 0.1) is 13.8 Å². The number of likely N-dealkylation sites (tertiary alicyclic amines) is 1. The van der Waals surface area contributed by atoms with E-state index < -0.39 is 0 Å². The number of carbonyl (C=O) groups is 2. The molecule has 1 aliphatic heterocycles. The Hall–Kier alpha value is -3.49. The van der Waals surface area contributed by atoms with Crippen molar-refractivity contribution in [1.82, 2.24) is 35.2 Å². The zero-order chi connectivity index (χ0) is 22.8. The van der Waals surface area contributed by atoms with Gasteiger partial charge >= 0.3 is 0 Å². The minimum absolute atomic E-state index is 0.0307. The Labute approximate surface area is 187 Å². The second kappa shape index (κ2) is 8.94. The quantitative estimate of drug-likeness (QED) is 0.617. The van der Waals surface area contributed by atoms with Crippen molar-refractivity contribution in [3.8, 4) is 11.4 Å². The Morgan fingerprint density at radius 1 is 1.22 bits per heavy atom. The number of carbonyl (C=O) groups excluding carboxylic acids is 2. The van der Waals surface area contributed by atoms with Crippen LogP contribution in [0.2, 0.25) is 0 Å². The van der Waals surface area contributed by atoms with E-state index in [1.54, 1.807) is 0 Å². The van der Waals surface area contributed by atoms with Gasteiger partial charge in [-0.25, -0.2) is 4.98 Å². The van der Waals surface area contributed by atoms with Gasteiger partial charge in [-0.2, -0.15) is 10.2 Å². The summed E-state index contributed by atoms with van der Waals surface area (Å²) in [6, 6.07) is 9.33. The van der Waals surface area contributed by atoms with Gasteiger partial charge in [-0.15, -0.1) is 0 Å². The summed E-state index contributed by atoms with van der Waals surface area (Å²) in [6.07, 6.45) is 1.60. The van der Waals surface area contributed by atoms with Crippen molar-refractivity contribution < 1.29 is 9.59 Å². The molecular weight excluding hydrogens is 406 g/mol. The molecule has 9 heteroatoms. The number of aryl methyl sites for hydroxylation is 2. The highest BCUT2D eigenvalue weighted by atomic mass is 16.2. The van der Waals surface area contributed by atoms with Crippen LogP contribution in [0.1, 0.15) is 48.6 Å². The average Bonchev–Trinajstić information content (AvgIpc) is 3.46. The van der Waals surface area contributed by atoms with Crippen LogP contribution in [0.15, 0.2) is 30.3 Å². The highest BCUT2D eigenvalue weighted by Crippen LogP contribution is 2.32. The van der Waals surface area contributed by atoms with Crippen LogP contribution in [0.3, 0.4) is 0 Å². The van der Waals surface area contributed by atoms with Crippen molar-refractivity contribution in [2.45, 2.75) is 52.1 Å². The van der Waals surface area contributed by atoms with Crippen LogP contribution in [-0.4, -0.2) is 54.3 Å². The summed E-state index contributed by atoms with van der Waals surface area (Å²) in [6.45, 7) is 5.94. The van der Waals surface area contributed by atoms with Crippen LogP contribution in [0.5, 0.6) is 0 Å². The van der Waals surface area contributed by atoms with Gasteiger partial charge in [0.25, 0.3) is 0 Å². The number of hydrogen-bond acceptors (Lipinski definition) is 5. The Morgan fingerprint density at radius 3 is 2.62 bits per heavy atom. The van der Waals surface area contributed by atoms with Gasteiger partial charge in [0.05, 0.1) is 11.7 Å². The van der Waals surface area contributed by atoms with E-state index in [-0.39, 0.29) is 23.9 Å². The van der Waals surface area contributed by atoms with Crippen molar-refractivity contribution in [1.29, 1.82) is 0 Å². The second-order valence-electron chi connectivity index (χ2n) is 8.38. The van der Waals surface area contributed by atoms with Gasteiger partial charge in [-0.1, -0.05) is 30.3 Å². The molecule has 32 heavy (non-hydrogen) atoms. The highest BCUT2D eigenvalue weighted by molar-refractivity contribution is 5.78. The first-order valence-corrected chi connectivity index (χ1v) is 10.9. The fourth-order valence-electron chi connectivity index (χ4n) is 4.46. The zero-order valence-electron chi connectivity index (χ0n) is 18.9. The molecule has 3 aromatic rings. The molecule has 2 amide bonds. The fourth-order valence-corrected chi connectivity index (χ4v) is 4.46. The molecule has 2 atom stereocenters. The van der Waals surface area contributed by atoms with Gasteiger partial charge in [0.2, 0.25) is 11.8 Å². The lowest BCUT2D eigenvalue weighted by Crippen LogP contribution is -2.37. The molecule has 1 aromatic carbocycles. The van der Waals surface area contributed by atoms with Crippen LogP contribution >= 0.6 is 0 Å². The standard InChI is InChI=1S/C23H29N7O2/c1-14-19(15(2)29(4)28-14)10-11-21(32)30-13-18(24-16(3)31)12-20(30)23-25-22(26-27-23)17-8-6-5-7-9-17/h5-9,18,20H,10-13H2,1-4H3,(H,24,31)(H,25,26,27)/t18-,20-/m0/s1. The van der Waals surface area contributed by atoms with E-state index in [2.05, 4.69) is 25.6 Å². The number of aromatic amines is 1. The van der Waals surface area contributed by atoms with E-state index in [9.17, 15) is 9.59 Å². The summed E-state index contributed by atoms with van der Waals surface area (Å²) in [7, 11) is 1.91. The summed E-state index contributed by atoms with van der Waals surface area (Å²) in [5.74, 6) is 1.16. The van der Waals surface area contributed by atoms with Crippen LogP contribution < -0.4 is 5.32 Å². The zero-order valence-corrected chi connectivity index (χ0v) is 18.9. The lowest BCUT2D eigenvalue weighted by atomic mass is 10.1. The topological polar surface area (TPSA) is 109 Å². The molecule has 0 bridgehead atoms. The number of amides is 2. The molecule has 2 N–H and O–H groups in total. The summed E-state index contributed by atoms with van der Waals surface area (Å²) in [4.78, 5) is 31.4. The van der Waals surface area contributed by atoms with E-state index in [4.69, 9.17) is 0 Å². The molecule has 1 saturated heterocycles. The van der Waals surface area contributed by atoms with Gasteiger partial charge in [-0.3, -0.25) is 19.4 Å². The molecule has 0 unspecified atom stereocenters. The molecule has 3 heterocycles. The minimum atomic E-state index is -0.264. The van der Waals surface area contributed by atoms with Gasteiger partial charge in [-0.05, 0) is 32.3 Å². The summed E-state index contributed by atoms with van der Waals surface area (Å²) in [5, 5.41) is 14.8. The second-order valence-corrected chi connectivity index (χ2v) is 8.38. The van der Waals surface area contributed by atoms with Crippen molar-refractivity contribution in [3.05, 3.63) is 53.1 Å². The number of nitrogens with zero attached hydrogens (tertiary/aromatic N) is 5. The van der Waals surface area contributed by atoms with E-state index in [0.29, 0.717) is 37.5 Å². The first kappa shape index (κ1) is 21.7. The molecule has 9 nitrogen and oxygen atoms in total. The normalized spacial score (nSPS) is 18.2. The third-order valence-electron chi connectivity index (χ3n) is 6.13. The number of H-pyrrole nitrogens is 1. The third-order valence-corrected chi connectivity index (χ3v) is 6.13. The summed E-state index contributed by atoms with van der Waals surface area (Å²) in [5.41, 5.74) is 4.05. The molecule has 168 valence electrons. The molecular formula is C23H29N7O2. The number of nitrogens with one attached hydrogen (secondary N) is 2. The largest absolute Gasteiger partial charge is 0.352 e. The molecule has 0 aliphatic carbocycles. The lowest BCUT2D eigenvalue weighted by Gasteiger charge is -2.23. The summed E-state index contributed by atoms with van der Waals surface area (Å²) >= 11 is 0. The molecule has 0 saturated carbocycles. The van der Waals surface area contributed by atoms with E-state index in [1.165, 1.54) is 6.92 Å². The van der Waals surface area contributed by atoms with Gasteiger partial charge in [0, 0.05) is 44.2 Å². The first-order valence-electron chi connectivity index (χ1n) is 10.9. The maximum atomic E-state index is 13.3. The Bertz CT molecular complexity index is 1120. The fraction of sp³-hybridized carbons (Fsp3) is 0.435. The van der Waals surface area contributed by atoms with Crippen LogP contribution in [-0.2, 0) is 23.1 Å². The van der Waals surface area contributed by atoms with Crippen LogP contribution in [0.25, 0.3) is 11.4 Å². The SMILES string of the molecule is CC(=O)N[C@H]1C[C@@H](c2nc(-c3ccccc3)n[nH]2)N(C(=O)CCc2c(C)nn(C)c2C)C1. The van der Waals surface area contributed by atoms with Crippen LogP contribution in [0.4, 0.5) is 0 Å². The summed E-state index contributed by atoms with van der Waals surface area (Å²) < 4.78 is 1.85. The predicted octanol–water partition coefficient (Wildman–Crippen LogP) is 2.23. The Morgan fingerprint density at radius 2 is 1.97 bits per heavy atom. The third kappa shape index (κ3) is 4.42. The lowest BCUT2D eigenvalue weighted by molar-refractivity contribution is -0.132. The maximum absolute atomic E-state index is 13.3. The average molecular weight is 436 g/mol. The number of hydrogen-bond donors (Lipinski definition) is 2. The molecule has 1 fully saturated rings. The number of rotatable bonds is 6. The van der Waals surface area contributed by atoms with Gasteiger partial charge in [0.1, 0.15) is 5.82 Å². The first-order chi connectivity index (χ1) is 15.3.